The summed E-state index contributed by atoms with van der Waals surface area (Å²) in [6.07, 6.45) is 0. The molecule has 33 heavy (non-hydrogen) atoms. The Morgan fingerprint density at radius 1 is 0.394 bits per heavy atom. The molecule has 1 heterocycles. The largest absolute Gasteiger partial charge is 0.208 e. The van der Waals surface area contributed by atoms with Gasteiger partial charge in [0.25, 0.3) is 0 Å². The maximum absolute atomic E-state index is 4.82. The molecule has 0 aliphatic heterocycles. The molecule has 0 spiro atoms. The molecule has 0 unspecified atom stereocenters. The zero-order valence-electron chi connectivity index (χ0n) is 19.1. The first kappa shape index (κ1) is 20.8. The second-order valence-corrected chi connectivity index (χ2v) is 8.37. The normalized spacial score (nSPS) is 10.9. The van der Waals surface area contributed by atoms with E-state index in [0.717, 1.165) is 16.7 Å². The van der Waals surface area contributed by atoms with Crippen LogP contribution in [0.1, 0.15) is 16.7 Å². The lowest BCUT2D eigenvalue weighted by atomic mass is 9.95. The Labute approximate surface area is 194 Å². The quantitative estimate of drug-likeness (QED) is 0.299. The number of hydrogen-bond acceptors (Lipinski definition) is 3. The molecule has 0 radical (unpaired) electrons. The van der Waals surface area contributed by atoms with Gasteiger partial charge in [0.2, 0.25) is 0 Å². The van der Waals surface area contributed by atoms with E-state index < -0.39 is 0 Å². The van der Waals surface area contributed by atoms with E-state index in [9.17, 15) is 0 Å². The van der Waals surface area contributed by atoms with Gasteiger partial charge in [0.05, 0.1) is 0 Å². The van der Waals surface area contributed by atoms with Crippen LogP contribution in [0, 0.1) is 20.8 Å². The number of benzene rings is 4. The monoisotopic (exact) mass is 427 g/mol. The van der Waals surface area contributed by atoms with Gasteiger partial charge in [-0.25, -0.2) is 15.0 Å². The summed E-state index contributed by atoms with van der Waals surface area (Å²) in [5, 5.41) is 0. The van der Waals surface area contributed by atoms with Gasteiger partial charge in [-0.1, -0.05) is 97.1 Å². The predicted molar refractivity (Wildman–Crippen MR) is 136 cm³/mol. The zero-order valence-corrected chi connectivity index (χ0v) is 19.1. The summed E-state index contributed by atoms with van der Waals surface area (Å²) in [7, 11) is 0. The van der Waals surface area contributed by atoms with Crippen LogP contribution in [0.5, 0.6) is 0 Å². The van der Waals surface area contributed by atoms with E-state index in [-0.39, 0.29) is 0 Å². The van der Waals surface area contributed by atoms with Crippen LogP contribution in [-0.4, -0.2) is 15.0 Å². The maximum atomic E-state index is 4.82. The highest BCUT2D eigenvalue weighted by atomic mass is 15.0. The van der Waals surface area contributed by atoms with Gasteiger partial charge in [-0.3, -0.25) is 0 Å². The van der Waals surface area contributed by atoms with Crippen molar-refractivity contribution in [3.05, 3.63) is 114 Å². The van der Waals surface area contributed by atoms with E-state index in [1.807, 2.05) is 60.7 Å². The zero-order chi connectivity index (χ0) is 22.8. The molecular weight excluding hydrogens is 402 g/mol. The first-order valence-electron chi connectivity index (χ1n) is 11.1. The van der Waals surface area contributed by atoms with Crippen LogP contribution in [0.3, 0.4) is 0 Å². The van der Waals surface area contributed by atoms with Gasteiger partial charge in [-0.2, -0.15) is 0 Å². The molecule has 0 atom stereocenters. The lowest BCUT2D eigenvalue weighted by molar-refractivity contribution is 1.07. The summed E-state index contributed by atoms with van der Waals surface area (Å²) in [5.41, 5.74) is 9.27. The summed E-state index contributed by atoms with van der Waals surface area (Å²) in [6.45, 7) is 6.48. The third-order valence-corrected chi connectivity index (χ3v) is 5.99. The third kappa shape index (κ3) is 4.31. The molecule has 4 aromatic carbocycles. The van der Waals surface area contributed by atoms with Crippen LogP contribution in [0.4, 0.5) is 0 Å². The molecule has 3 heteroatoms. The summed E-state index contributed by atoms with van der Waals surface area (Å²) in [5.74, 6) is 2.02. The van der Waals surface area contributed by atoms with E-state index in [4.69, 9.17) is 15.0 Å². The highest BCUT2D eigenvalue weighted by molar-refractivity contribution is 5.72. The molecule has 160 valence electrons. The molecule has 3 nitrogen and oxygen atoms in total. The molecule has 0 saturated carbocycles. The van der Waals surface area contributed by atoms with Crippen molar-refractivity contribution in [3.8, 4) is 45.3 Å². The number of hydrogen-bond donors (Lipinski definition) is 0. The highest BCUT2D eigenvalue weighted by Crippen LogP contribution is 2.29. The summed E-state index contributed by atoms with van der Waals surface area (Å²) in [6, 6.07) is 33.1. The van der Waals surface area contributed by atoms with E-state index >= 15 is 0 Å². The average Bonchev–Trinajstić information content (AvgIpc) is 2.87. The van der Waals surface area contributed by atoms with Gasteiger partial charge in [0.15, 0.2) is 17.5 Å². The van der Waals surface area contributed by atoms with Gasteiger partial charge in [0.1, 0.15) is 0 Å². The minimum atomic E-state index is 0.672. The standard InChI is InChI=1S/C30H25N3/c1-20-18-22(3)27(19-21(20)2)23-14-16-26(17-15-23)30-32-28(24-10-6-4-7-11-24)31-29(33-30)25-12-8-5-9-13-25/h4-19H,1-3H3. The predicted octanol–water partition coefficient (Wildman–Crippen LogP) is 7.46. The van der Waals surface area contributed by atoms with Crippen molar-refractivity contribution in [1.29, 1.82) is 0 Å². The van der Waals surface area contributed by atoms with E-state index in [1.54, 1.807) is 0 Å². The molecule has 5 rings (SSSR count). The topological polar surface area (TPSA) is 38.7 Å². The van der Waals surface area contributed by atoms with Crippen molar-refractivity contribution in [1.82, 2.24) is 15.0 Å². The van der Waals surface area contributed by atoms with Crippen LogP contribution in [-0.2, 0) is 0 Å². The first-order chi connectivity index (χ1) is 16.1. The Bertz CT molecular complexity index is 1350. The smallest absolute Gasteiger partial charge is 0.164 e. The van der Waals surface area contributed by atoms with Gasteiger partial charge in [0, 0.05) is 16.7 Å². The highest BCUT2D eigenvalue weighted by Gasteiger charge is 2.12. The molecule has 0 amide bonds. The Balaban J connectivity index is 1.59. The number of rotatable bonds is 4. The number of nitrogens with zero attached hydrogens (tertiary/aromatic N) is 3. The number of aromatic nitrogens is 3. The molecular formula is C30H25N3. The fraction of sp³-hybridized carbons (Fsp3) is 0.100. The van der Waals surface area contributed by atoms with E-state index in [1.165, 1.54) is 27.8 Å². The third-order valence-electron chi connectivity index (χ3n) is 5.99. The van der Waals surface area contributed by atoms with Crippen molar-refractivity contribution in [2.45, 2.75) is 20.8 Å². The Hall–Kier alpha value is -4.11. The SMILES string of the molecule is Cc1cc(C)c(-c2ccc(-c3nc(-c4ccccc4)nc(-c4ccccc4)n3)cc2)cc1C. The fourth-order valence-electron chi connectivity index (χ4n) is 4.01. The van der Waals surface area contributed by atoms with Crippen LogP contribution in [0.25, 0.3) is 45.3 Å². The van der Waals surface area contributed by atoms with Crippen LogP contribution >= 0.6 is 0 Å². The summed E-state index contributed by atoms with van der Waals surface area (Å²) >= 11 is 0. The molecule has 1 aromatic heterocycles. The van der Waals surface area contributed by atoms with Gasteiger partial charge >= 0.3 is 0 Å². The minimum absolute atomic E-state index is 0.672. The van der Waals surface area contributed by atoms with Crippen molar-refractivity contribution >= 4 is 0 Å². The Morgan fingerprint density at radius 2 is 0.788 bits per heavy atom. The fourth-order valence-corrected chi connectivity index (χ4v) is 4.01. The molecule has 0 aliphatic carbocycles. The number of aryl methyl sites for hydroxylation is 3. The van der Waals surface area contributed by atoms with Gasteiger partial charge in [-0.15, -0.1) is 0 Å². The van der Waals surface area contributed by atoms with Crippen molar-refractivity contribution in [3.63, 3.8) is 0 Å². The first-order valence-corrected chi connectivity index (χ1v) is 11.1. The van der Waals surface area contributed by atoms with Gasteiger partial charge in [-0.05, 0) is 48.6 Å². The second kappa shape index (κ2) is 8.79. The molecule has 0 bridgehead atoms. The van der Waals surface area contributed by atoms with Crippen molar-refractivity contribution in [2.24, 2.45) is 0 Å². The summed E-state index contributed by atoms with van der Waals surface area (Å²) < 4.78 is 0. The Kier molecular flexibility index (Phi) is 5.54. The van der Waals surface area contributed by atoms with Crippen molar-refractivity contribution < 1.29 is 0 Å². The van der Waals surface area contributed by atoms with Crippen LogP contribution < -0.4 is 0 Å². The van der Waals surface area contributed by atoms with Crippen molar-refractivity contribution in [2.75, 3.05) is 0 Å². The van der Waals surface area contributed by atoms with E-state index in [0.29, 0.717) is 17.5 Å². The van der Waals surface area contributed by atoms with Crippen LogP contribution in [0.15, 0.2) is 97.1 Å². The van der Waals surface area contributed by atoms with E-state index in [2.05, 4.69) is 57.2 Å². The van der Waals surface area contributed by atoms with Crippen LogP contribution in [0.2, 0.25) is 0 Å². The lowest BCUT2D eigenvalue weighted by Gasteiger charge is -2.11. The Morgan fingerprint density at radius 3 is 1.27 bits per heavy atom. The second-order valence-electron chi connectivity index (χ2n) is 8.37. The minimum Gasteiger partial charge on any atom is -0.208 e. The maximum Gasteiger partial charge on any atom is 0.164 e. The lowest BCUT2D eigenvalue weighted by Crippen LogP contribution is -2.00. The van der Waals surface area contributed by atoms with Gasteiger partial charge < -0.3 is 0 Å². The molecule has 0 fully saturated rings. The summed E-state index contributed by atoms with van der Waals surface area (Å²) in [4.78, 5) is 14.4. The molecule has 5 aromatic rings. The molecule has 0 N–H and O–H groups in total. The molecule has 0 saturated heterocycles. The molecule has 0 aliphatic rings. The average molecular weight is 428 g/mol.